The molecule has 3 aliphatic heterocycles. The number of hydrogen-bond donors (Lipinski definition) is 0. The highest BCUT2D eigenvalue weighted by atomic mass is 15.2. The molecule has 0 bridgehead atoms. The van der Waals surface area contributed by atoms with Crippen molar-refractivity contribution in [1.82, 2.24) is 0 Å². The second-order valence-corrected chi connectivity index (χ2v) is 8.99. The van der Waals surface area contributed by atoms with E-state index in [0.717, 1.165) is 19.3 Å². The van der Waals surface area contributed by atoms with Gasteiger partial charge in [-0.2, -0.15) is 0 Å². The minimum absolute atomic E-state index is 1.07. The standard InChI is InChI=1S/C21H15N.C10H8.4C2H6/c1-4-13-10-15-6-2-8-17-12-18-9-3-7-16-11-14(5-1)19(13)22(20(15)17)21(16)18;1-2-6-10-8-4-3-7-9(10)5-1;4*1-2/h1-9H,10-12H2;1-8H;4*1-2H3. The second kappa shape index (κ2) is 15.1. The van der Waals surface area contributed by atoms with Crippen LogP contribution >= 0.6 is 0 Å². The Hall–Kier alpha value is -3.84. The summed E-state index contributed by atoms with van der Waals surface area (Å²) in [5.74, 6) is 0. The van der Waals surface area contributed by atoms with E-state index in [9.17, 15) is 0 Å². The average Bonchev–Trinajstić information content (AvgIpc) is 3.05. The summed E-state index contributed by atoms with van der Waals surface area (Å²) in [5, 5.41) is 2.62. The van der Waals surface area contributed by atoms with E-state index in [1.165, 1.54) is 61.2 Å². The van der Waals surface area contributed by atoms with Crippen LogP contribution in [0, 0.1) is 0 Å². The highest BCUT2D eigenvalue weighted by Gasteiger charge is 2.36. The molecule has 1 nitrogen and oxygen atoms in total. The van der Waals surface area contributed by atoms with Gasteiger partial charge in [-0.1, -0.05) is 159 Å². The van der Waals surface area contributed by atoms with Crippen molar-refractivity contribution in [3.63, 3.8) is 0 Å². The van der Waals surface area contributed by atoms with Crippen molar-refractivity contribution in [2.75, 3.05) is 4.90 Å². The maximum Gasteiger partial charge on any atom is 0.0532 e. The normalized spacial score (nSPS) is 11.7. The van der Waals surface area contributed by atoms with Crippen molar-refractivity contribution in [1.29, 1.82) is 0 Å². The molecule has 0 spiro atoms. The van der Waals surface area contributed by atoms with Gasteiger partial charge in [0.05, 0.1) is 17.1 Å². The molecule has 0 aromatic heterocycles. The van der Waals surface area contributed by atoms with Gasteiger partial charge in [0.1, 0.15) is 0 Å². The Balaban J connectivity index is 0.000000207. The molecule has 0 saturated carbocycles. The molecule has 0 N–H and O–H groups in total. The largest absolute Gasteiger partial charge is 0.309 e. The molecule has 40 heavy (non-hydrogen) atoms. The summed E-state index contributed by atoms with van der Waals surface area (Å²) in [6.07, 6.45) is 3.21. The van der Waals surface area contributed by atoms with E-state index in [1.54, 1.807) is 0 Å². The molecular weight excluding hydrogens is 482 g/mol. The first-order chi connectivity index (χ1) is 19.9. The van der Waals surface area contributed by atoms with Crippen LogP contribution in [0.4, 0.5) is 17.1 Å². The predicted molar refractivity (Wildman–Crippen MR) is 179 cm³/mol. The Morgan fingerprint density at radius 1 is 0.325 bits per heavy atom. The van der Waals surface area contributed by atoms with E-state index < -0.39 is 0 Å². The van der Waals surface area contributed by atoms with Gasteiger partial charge in [0.15, 0.2) is 0 Å². The lowest BCUT2D eigenvalue weighted by Gasteiger charge is -2.44. The molecule has 0 amide bonds. The fourth-order valence-corrected chi connectivity index (χ4v) is 5.73. The summed E-state index contributed by atoms with van der Waals surface area (Å²) >= 11 is 0. The zero-order chi connectivity index (χ0) is 29.1. The average molecular weight is 530 g/mol. The maximum atomic E-state index is 2.57. The second-order valence-electron chi connectivity index (χ2n) is 8.99. The number of para-hydroxylation sites is 3. The Kier molecular flexibility index (Phi) is 11.6. The van der Waals surface area contributed by atoms with Crippen LogP contribution in [0.3, 0.4) is 0 Å². The van der Waals surface area contributed by atoms with E-state index in [-0.39, 0.29) is 0 Å². The van der Waals surface area contributed by atoms with Crippen LogP contribution in [-0.2, 0) is 19.3 Å². The van der Waals surface area contributed by atoms with Crippen LogP contribution in [0.15, 0.2) is 103 Å². The fourth-order valence-electron chi connectivity index (χ4n) is 5.73. The van der Waals surface area contributed by atoms with Gasteiger partial charge < -0.3 is 4.90 Å². The first kappa shape index (κ1) is 30.7. The molecule has 0 atom stereocenters. The summed E-state index contributed by atoms with van der Waals surface area (Å²) in [6, 6.07) is 37.2. The van der Waals surface area contributed by atoms with Gasteiger partial charge in [0.2, 0.25) is 0 Å². The molecular formula is C39H47N. The van der Waals surface area contributed by atoms with Crippen molar-refractivity contribution in [2.45, 2.75) is 74.7 Å². The zero-order valence-electron chi connectivity index (χ0n) is 25.9. The summed E-state index contributed by atoms with van der Waals surface area (Å²) in [7, 11) is 0. The first-order valence-electron chi connectivity index (χ1n) is 15.4. The smallest absolute Gasteiger partial charge is 0.0532 e. The van der Waals surface area contributed by atoms with Gasteiger partial charge >= 0.3 is 0 Å². The molecule has 0 unspecified atom stereocenters. The predicted octanol–water partition coefficient (Wildman–Crippen LogP) is 11.8. The van der Waals surface area contributed by atoms with Gasteiger partial charge in [0, 0.05) is 19.3 Å². The fraction of sp³-hybridized carbons (Fsp3) is 0.282. The molecule has 5 aromatic carbocycles. The number of hydrogen-bond acceptors (Lipinski definition) is 1. The van der Waals surface area contributed by atoms with Gasteiger partial charge in [-0.25, -0.2) is 0 Å². The van der Waals surface area contributed by atoms with Crippen LogP contribution in [-0.4, -0.2) is 0 Å². The van der Waals surface area contributed by atoms with Gasteiger partial charge in [0.25, 0.3) is 0 Å². The molecule has 208 valence electrons. The Labute approximate surface area is 243 Å². The topological polar surface area (TPSA) is 3.24 Å². The number of nitrogens with zero attached hydrogens (tertiary/aromatic N) is 1. The third-order valence-corrected chi connectivity index (χ3v) is 7.08. The molecule has 1 heteroatoms. The molecule has 0 fully saturated rings. The summed E-state index contributed by atoms with van der Waals surface area (Å²) in [4.78, 5) is 2.57. The quantitative estimate of drug-likeness (QED) is 0.189. The van der Waals surface area contributed by atoms with Gasteiger partial charge in [-0.05, 0) is 44.2 Å². The van der Waals surface area contributed by atoms with Crippen molar-refractivity contribution < 1.29 is 0 Å². The Bertz CT molecular complexity index is 1260. The molecule has 3 aliphatic rings. The monoisotopic (exact) mass is 529 g/mol. The summed E-state index contributed by atoms with van der Waals surface area (Å²) in [5.41, 5.74) is 13.2. The summed E-state index contributed by atoms with van der Waals surface area (Å²) in [6.45, 7) is 16.0. The summed E-state index contributed by atoms with van der Waals surface area (Å²) < 4.78 is 0. The number of anilines is 3. The van der Waals surface area contributed by atoms with E-state index in [1.807, 2.05) is 55.4 Å². The number of fused-ring (bicyclic) bond motifs is 1. The minimum atomic E-state index is 1.07. The van der Waals surface area contributed by atoms with Crippen LogP contribution in [0.2, 0.25) is 0 Å². The van der Waals surface area contributed by atoms with Crippen LogP contribution in [0.1, 0.15) is 88.8 Å². The molecule has 8 rings (SSSR count). The lowest BCUT2D eigenvalue weighted by molar-refractivity contribution is 0.956. The van der Waals surface area contributed by atoms with Gasteiger partial charge in [-0.15, -0.1) is 0 Å². The van der Waals surface area contributed by atoms with Gasteiger partial charge in [-0.3, -0.25) is 0 Å². The van der Waals surface area contributed by atoms with Crippen molar-refractivity contribution in [3.8, 4) is 0 Å². The molecule has 0 aliphatic carbocycles. The van der Waals surface area contributed by atoms with Crippen LogP contribution < -0.4 is 4.90 Å². The third-order valence-electron chi connectivity index (χ3n) is 7.08. The van der Waals surface area contributed by atoms with E-state index in [0.29, 0.717) is 0 Å². The zero-order valence-corrected chi connectivity index (χ0v) is 25.9. The minimum Gasteiger partial charge on any atom is -0.309 e. The number of rotatable bonds is 0. The molecule has 0 radical (unpaired) electrons. The lowest BCUT2D eigenvalue weighted by atomic mass is 9.80. The molecule has 5 aromatic rings. The Morgan fingerprint density at radius 2 is 0.550 bits per heavy atom. The number of benzene rings is 5. The maximum absolute atomic E-state index is 2.57. The Morgan fingerprint density at radius 3 is 0.775 bits per heavy atom. The third kappa shape index (κ3) is 5.85. The van der Waals surface area contributed by atoms with Crippen LogP contribution in [0.25, 0.3) is 10.8 Å². The van der Waals surface area contributed by atoms with E-state index in [2.05, 4.69) is 108 Å². The van der Waals surface area contributed by atoms with E-state index >= 15 is 0 Å². The molecule has 0 saturated heterocycles. The van der Waals surface area contributed by atoms with Crippen LogP contribution in [0.5, 0.6) is 0 Å². The van der Waals surface area contributed by atoms with E-state index in [4.69, 9.17) is 0 Å². The highest BCUT2D eigenvalue weighted by molar-refractivity contribution is 5.93. The lowest BCUT2D eigenvalue weighted by Crippen LogP contribution is -2.29. The van der Waals surface area contributed by atoms with Crippen molar-refractivity contribution >= 4 is 27.8 Å². The van der Waals surface area contributed by atoms with Crippen molar-refractivity contribution in [3.05, 3.63) is 137 Å². The highest BCUT2D eigenvalue weighted by Crippen LogP contribution is 2.55. The molecule has 3 heterocycles. The first-order valence-corrected chi connectivity index (χ1v) is 15.4. The SMILES string of the molecule is CC.CC.CC.CC.c1cc2c3c(c1)Cc1cccc4c1N3c1c(cccc1C4)C2.c1ccc2ccccc2c1. The van der Waals surface area contributed by atoms with Crippen molar-refractivity contribution in [2.24, 2.45) is 0 Å².